The standard InChI is InChI=1S/C26H30F2N4O2/c1-32(2)11-10-30-23(34)13-15-6-8-17-21(12-15)31-26-16(14-22(29)33)7-9-18(24(17)26)25-19(27)4-3-5-20(25)28/h3-5,7,9,15,31H,6,8,10-14H2,1-2H3,(H2,29,33)(H,30,34). The molecule has 0 saturated carbocycles. The molecule has 180 valence electrons. The molecule has 0 radical (unpaired) electrons. The molecule has 2 amide bonds. The minimum absolute atomic E-state index is 0.0215. The fourth-order valence-corrected chi connectivity index (χ4v) is 4.89. The van der Waals surface area contributed by atoms with E-state index in [0.29, 0.717) is 42.5 Å². The van der Waals surface area contributed by atoms with Crippen molar-refractivity contribution in [1.82, 2.24) is 15.2 Å². The lowest BCUT2D eigenvalue weighted by Crippen LogP contribution is -2.33. The van der Waals surface area contributed by atoms with E-state index in [2.05, 4.69) is 10.3 Å². The molecule has 1 aromatic heterocycles. The van der Waals surface area contributed by atoms with E-state index in [0.717, 1.165) is 29.6 Å². The number of benzene rings is 2. The van der Waals surface area contributed by atoms with Gasteiger partial charge in [-0.3, -0.25) is 9.59 Å². The van der Waals surface area contributed by atoms with E-state index in [1.807, 2.05) is 19.0 Å². The molecule has 6 nitrogen and oxygen atoms in total. The third-order valence-electron chi connectivity index (χ3n) is 6.48. The van der Waals surface area contributed by atoms with Crippen LogP contribution in [0, 0.1) is 17.6 Å². The van der Waals surface area contributed by atoms with Crippen LogP contribution in [-0.4, -0.2) is 48.9 Å². The first kappa shape index (κ1) is 23.9. The fraction of sp³-hybridized carbons (Fsp3) is 0.385. The maximum atomic E-state index is 14.7. The van der Waals surface area contributed by atoms with Gasteiger partial charge in [-0.15, -0.1) is 0 Å². The minimum Gasteiger partial charge on any atom is -0.369 e. The second-order valence-electron chi connectivity index (χ2n) is 9.31. The number of nitrogens with one attached hydrogen (secondary N) is 2. The maximum Gasteiger partial charge on any atom is 0.221 e. The number of amides is 2. The third-order valence-corrected chi connectivity index (χ3v) is 6.48. The zero-order valence-electron chi connectivity index (χ0n) is 19.5. The quantitative estimate of drug-likeness (QED) is 0.474. The molecule has 1 aliphatic rings. The largest absolute Gasteiger partial charge is 0.369 e. The monoisotopic (exact) mass is 468 g/mol. The lowest BCUT2D eigenvalue weighted by atomic mass is 9.83. The Kier molecular flexibility index (Phi) is 6.97. The molecule has 0 saturated heterocycles. The molecule has 0 spiro atoms. The molecular weight excluding hydrogens is 438 g/mol. The third kappa shape index (κ3) is 4.97. The van der Waals surface area contributed by atoms with Crippen LogP contribution in [0.1, 0.15) is 29.7 Å². The molecule has 1 aliphatic carbocycles. The molecule has 3 aromatic rings. The first-order chi connectivity index (χ1) is 16.2. The molecule has 1 heterocycles. The van der Waals surface area contributed by atoms with Crippen molar-refractivity contribution in [2.24, 2.45) is 11.7 Å². The number of nitrogens with two attached hydrogens (primary N) is 1. The molecule has 1 unspecified atom stereocenters. The summed E-state index contributed by atoms with van der Waals surface area (Å²) < 4.78 is 29.4. The van der Waals surface area contributed by atoms with Crippen LogP contribution >= 0.6 is 0 Å². The number of primary amides is 1. The van der Waals surface area contributed by atoms with Crippen LogP contribution in [0.15, 0.2) is 30.3 Å². The van der Waals surface area contributed by atoms with E-state index in [9.17, 15) is 18.4 Å². The van der Waals surface area contributed by atoms with Gasteiger partial charge in [0.15, 0.2) is 0 Å². The van der Waals surface area contributed by atoms with Crippen molar-refractivity contribution in [1.29, 1.82) is 0 Å². The SMILES string of the molecule is CN(C)CCNC(=O)CC1CCc2c([nH]c3c(CC(N)=O)ccc(-c4c(F)cccc4F)c23)C1. The molecular formula is C26H30F2N4O2. The molecule has 0 fully saturated rings. The molecule has 34 heavy (non-hydrogen) atoms. The van der Waals surface area contributed by atoms with Gasteiger partial charge in [0.2, 0.25) is 11.8 Å². The van der Waals surface area contributed by atoms with Gasteiger partial charge in [-0.1, -0.05) is 18.2 Å². The Morgan fingerprint density at radius 1 is 1.18 bits per heavy atom. The normalized spacial score (nSPS) is 15.5. The van der Waals surface area contributed by atoms with Crippen LogP contribution in [-0.2, 0) is 28.9 Å². The highest BCUT2D eigenvalue weighted by Crippen LogP contribution is 2.41. The number of hydrogen-bond acceptors (Lipinski definition) is 3. The number of aromatic amines is 1. The predicted octanol–water partition coefficient (Wildman–Crippen LogP) is 3.31. The van der Waals surface area contributed by atoms with E-state index in [1.54, 1.807) is 12.1 Å². The summed E-state index contributed by atoms with van der Waals surface area (Å²) in [6.45, 7) is 1.38. The number of carbonyl (C=O) groups excluding carboxylic acids is 2. The number of nitrogens with zero attached hydrogens (tertiary/aromatic N) is 1. The van der Waals surface area contributed by atoms with Crippen LogP contribution in [0.5, 0.6) is 0 Å². The summed E-state index contributed by atoms with van der Waals surface area (Å²) >= 11 is 0. The van der Waals surface area contributed by atoms with E-state index >= 15 is 0 Å². The number of fused-ring (bicyclic) bond motifs is 3. The predicted molar refractivity (Wildman–Crippen MR) is 128 cm³/mol. The minimum atomic E-state index is -0.637. The van der Waals surface area contributed by atoms with Crippen LogP contribution in [0.4, 0.5) is 8.78 Å². The summed E-state index contributed by atoms with van der Waals surface area (Å²) in [6, 6.07) is 7.19. The maximum absolute atomic E-state index is 14.7. The van der Waals surface area contributed by atoms with Crippen LogP contribution in [0.2, 0.25) is 0 Å². The highest BCUT2D eigenvalue weighted by atomic mass is 19.1. The highest BCUT2D eigenvalue weighted by Gasteiger charge is 2.28. The molecule has 1 atom stereocenters. The Hall–Kier alpha value is -3.26. The fourth-order valence-electron chi connectivity index (χ4n) is 4.89. The molecule has 2 aromatic carbocycles. The van der Waals surface area contributed by atoms with Gasteiger partial charge in [-0.05, 0) is 68.1 Å². The average molecular weight is 469 g/mol. The summed E-state index contributed by atoms with van der Waals surface area (Å²) in [7, 11) is 3.91. The van der Waals surface area contributed by atoms with E-state index in [1.165, 1.54) is 18.2 Å². The Morgan fingerprint density at radius 3 is 2.59 bits per heavy atom. The van der Waals surface area contributed by atoms with Gasteiger partial charge >= 0.3 is 0 Å². The van der Waals surface area contributed by atoms with Gasteiger partial charge in [0.05, 0.1) is 17.5 Å². The van der Waals surface area contributed by atoms with Crippen molar-refractivity contribution in [2.45, 2.75) is 32.1 Å². The van der Waals surface area contributed by atoms with Crippen LogP contribution in [0.3, 0.4) is 0 Å². The summed E-state index contributed by atoms with van der Waals surface area (Å²) in [5.74, 6) is -1.57. The first-order valence-electron chi connectivity index (χ1n) is 11.5. The number of aryl methyl sites for hydroxylation is 1. The van der Waals surface area contributed by atoms with Crippen LogP contribution in [0.25, 0.3) is 22.0 Å². The Labute approximate surface area is 197 Å². The molecule has 4 N–H and O–H groups in total. The number of rotatable bonds is 8. The number of H-pyrrole nitrogens is 1. The lowest BCUT2D eigenvalue weighted by Gasteiger charge is -2.22. The lowest BCUT2D eigenvalue weighted by molar-refractivity contribution is -0.122. The smallest absolute Gasteiger partial charge is 0.221 e. The first-order valence-corrected chi connectivity index (χ1v) is 11.5. The molecule has 4 rings (SSSR count). The van der Waals surface area contributed by atoms with E-state index in [-0.39, 0.29) is 23.8 Å². The van der Waals surface area contributed by atoms with Crippen molar-refractivity contribution in [3.05, 3.63) is 58.8 Å². The number of halogens is 2. The van der Waals surface area contributed by atoms with Crippen molar-refractivity contribution in [3.8, 4) is 11.1 Å². The van der Waals surface area contributed by atoms with Gasteiger partial charge in [0.1, 0.15) is 11.6 Å². The highest BCUT2D eigenvalue weighted by molar-refractivity contribution is 6.01. The number of likely N-dealkylation sites (N-methyl/N-ethyl adjacent to an activating group) is 1. The zero-order valence-corrected chi connectivity index (χ0v) is 19.5. The number of aromatic nitrogens is 1. The van der Waals surface area contributed by atoms with E-state index < -0.39 is 17.5 Å². The van der Waals surface area contributed by atoms with Gasteiger partial charge in [0.25, 0.3) is 0 Å². The Balaban J connectivity index is 1.69. The second kappa shape index (κ2) is 9.93. The Bertz CT molecular complexity index is 1220. The summed E-state index contributed by atoms with van der Waals surface area (Å²) in [4.78, 5) is 29.5. The average Bonchev–Trinajstić information content (AvgIpc) is 3.13. The van der Waals surface area contributed by atoms with Crippen molar-refractivity contribution in [3.63, 3.8) is 0 Å². The molecule has 0 bridgehead atoms. The topological polar surface area (TPSA) is 91.2 Å². The molecule has 8 heteroatoms. The summed E-state index contributed by atoms with van der Waals surface area (Å²) in [5, 5.41) is 3.69. The van der Waals surface area contributed by atoms with Gasteiger partial charge < -0.3 is 20.9 Å². The van der Waals surface area contributed by atoms with Gasteiger partial charge in [0, 0.05) is 30.6 Å². The number of carbonyl (C=O) groups is 2. The van der Waals surface area contributed by atoms with Gasteiger partial charge in [-0.2, -0.15) is 0 Å². The Morgan fingerprint density at radius 2 is 1.91 bits per heavy atom. The van der Waals surface area contributed by atoms with Crippen molar-refractivity contribution >= 4 is 22.7 Å². The van der Waals surface area contributed by atoms with E-state index in [4.69, 9.17) is 5.73 Å². The molecule has 0 aliphatic heterocycles. The summed E-state index contributed by atoms with van der Waals surface area (Å²) in [6.07, 6.45) is 2.56. The van der Waals surface area contributed by atoms with Crippen LogP contribution < -0.4 is 11.1 Å². The second-order valence-corrected chi connectivity index (χ2v) is 9.31. The summed E-state index contributed by atoms with van der Waals surface area (Å²) in [5.41, 5.74) is 9.13. The van der Waals surface area contributed by atoms with Gasteiger partial charge in [-0.25, -0.2) is 8.78 Å². The van der Waals surface area contributed by atoms with Crippen molar-refractivity contribution < 1.29 is 18.4 Å². The van der Waals surface area contributed by atoms with Crippen molar-refractivity contribution in [2.75, 3.05) is 27.2 Å². The zero-order chi connectivity index (χ0) is 24.4. The number of hydrogen-bond donors (Lipinski definition) is 3.